The van der Waals surface area contributed by atoms with Crippen molar-refractivity contribution in [3.63, 3.8) is 0 Å². The van der Waals surface area contributed by atoms with E-state index in [4.69, 9.17) is 0 Å². The lowest BCUT2D eigenvalue weighted by molar-refractivity contribution is -0.133. The van der Waals surface area contributed by atoms with Crippen LogP contribution in [-0.2, 0) is 17.6 Å². The second-order valence-corrected chi connectivity index (χ2v) is 8.31. The molecule has 1 fully saturated rings. The van der Waals surface area contributed by atoms with Crippen molar-refractivity contribution in [2.45, 2.75) is 32.2 Å². The van der Waals surface area contributed by atoms with Crippen LogP contribution in [-0.4, -0.2) is 41.9 Å². The van der Waals surface area contributed by atoms with Crippen LogP contribution in [0, 0.1) is 0 Å². The van der Waals surface area contributed by atoms with Crippen LogP contribution in [0.4, 0.5) is 0 Å². The average molecular weight is 413 g/mol. The average Bonchev–Trinajstić information content (AvgIpc) is 2.85. The monoisotopic (exact) mass is 412 g/mol. The highest BCUT2D eigenvalue weighted by Gasteiger charge is 2.27. The van der Waals surface area contributed by atoms with Gasteiger partial charge in [0.05, 0.1) is 6.04 Å². The molecule has 1 aliphatic heterocycles. The van der Waals surface area contributed by atoms with Gasteiger partial charge in [0.2, 0.25) is 5.91 Å². The Kier molecular flexibility index (Phi) is 7.16. The topological polar surface area (TPSA) is 23.6 Å². The molecule has 0 unspecified atom stereocenters. The highest BCUT2D eigenvalue weighted by atomic mass is 16.2. The van der Waals surface area contributed by atoms with Crippen LogP contribution in [0.15, 0.2) is 84.9 Å². The zero-order valence-corrected chi connectivity index (χ0v) is 18.4. The van der Waals surface area contributed by atoms with E-state index in [2.05, 4.69) is 96.8 Å². The van der Waals surface area contributed by atoms with Gasteiger partial charge in [0.25, 0.3) is 0 Å². The summed E-state index contributed by atoms with van der Waals surface area (Å²) in [5.41, 5.74) is 5.21. The highest BCUT2D eigenvalue weighted by molar-refractivity contribution is 5.76. The number of amides is 1. The molecule has 1 aliphatic rings. The lowest BCUT2D eigenvalue weighted by Gasteiger charge is -2.40. The molecule has 0 aromatic heterocycles. The van der Waals surface area contributed by atoms with Gasteiger partial charge in [-0.1, -0.05) is 91.9 Å². The lowest BCUT2D eigenvalue weighted by atomic mass is 9.96. The van der Waals surface area contributed by atoms with E-state index >= 15 is 0 Å². The van der Waals surface area contributed by atoms with Crippen molar-refractivity contribution in [1.29, 1.82) is 0 Å². The number of piperazine rings is 1. The molecular formula is C28H32N2O. The van der Waals surface area contributed by atoms with Gasteiger partial charge in [-0.05, 0) is 35.1 Å². The summed E-state index contributed by atoms with van der Waals surface area (Å²) in [7, 11) is 0. The fraction of sp³-hybridized carbons (Fsp3) is 0.321. The fourth-order valence-corrected chi connectivity index (χ4v) is 4.47. The predicted octanol–water partition coefficient (Wildman–Crippen LogP) is 5.12. The van der Waals surface area contributed by atoms with Crippen LogP contribution in [0.5, 0.6) is 0 Å². The molecule has 1 heterocycles. The minimum absolute atomic E-state index is 0.233. The Morgan fingerprint density at radius 3 is 1.77 bits per heavy atom. The van der Waals surface area contributed by atoms with Crippen molar-refractivity contribution < 1.29 is 4.79 Å². The summed E-state index contributed by atoms with van der Waals surface area (Å²) >= 11 is 0. The van der Waals surface area contributed by atoms with Crippen LogP contribution >= 0.6 is 0 Å². The van der Waals surface area contributed by atoms with Gasteiger partial charge in [-0.15, -0.1) is 0 Å². The van der Waals surface area contributed by atoms with Gasteiger partial charge >= 0.3 is 0 Å². The van der Waals surface area contributed by atoms with Crippen molar-refractivity contribution in [3.05, 3.63) is 107 Å². The molecule has 4 rings (SSSR count). The smallest absolute Gasteiger partial charge is 0.222 e. The van der Waals surface area contributed by atoms with Gasteiger partial charge in [0.1, 0.15) is 0 Å². The molecule has 0 bridgehead atoms. The second-order valence-electron chi connectivity index (χ2n) is 8.31. The van der Waals surface area contributed by atoms with Crippen LogP contribution in [0.2, 0.25) is 0 Å². The van der Waals surface area contributed by atoms with Gasteiger partial charge in [0, 0.05) is 32.6 Å². The molecule has 31 heavy (non-hydrogen) atoms. The first kappa shape index (κ1) is 21.3. The summed E-state index contributed by atoms with van der Waals surface area (Å²) in [6, 6.07) is 30.3. The van der Waals surface area contributed by atoms with Crippen LogP contribution < -0.4 is 0 Å². The summed E-state index contributed by atoms with van der Waals surface area (Å²) in [4.78, 5) is 17.4. The van der Waals surface area contributed by atoms with E-state index < -0.39 is 0 Å². The lowest BCUT2D eigenvalue weighted by Crippen LogP contribution is -2.49. The molecule has 0 radical (unpaired) electrons. The molecule has 0 spiro atoms. The first-order valence-electron chi connectivity index (χ1n) is 11.4. The molecule has 3 aromatic carbocycles. The maximum Gasteiger partial charge on any atom is 0.222 e. The first-order valence-corrected chi connectivity index (χ1v) is 11.4. The second kappa shape index (κ2) is 10.4. The van der Waals surface area contributed by atoms with Crippen molar-refractivity contribution in [2.24, 2.45) is 0 Å². The molecule has 3 heteroatoms. The zero-order valence-electron chi connectivity index (χ0n) is 18.4. The molecule has 0 atom stereocenters. The normalized spacial score (nSPS) is 14.7. The van der Waals surface area contributed by atoms with Crippen molar-refractivity contribution in [3.8, 4) is 0 Å². The number of benzene rings is 3. The molecular weight excluding hydrogens is 380 g/mol. The Morgan fingerprint density at radius 2 is 1.26 bits per heavy atom. The summed E-state index contributed by atoms with van der Waals surface area (Å²) in [5, 5.41) is 0. The number of nitrogens with zero attached hydrogens (tertiary/aromatic N) is 2. The van der Waals surface area contributed by atoms with Crippen LogP contribution in [0.1, 0.15) is 41.6 Å². The summed E-state index contributed by atoms with van der Waals surface area (Å²) < 4.78 is 0. The van der Waals surface area contributed by atoms with E-state index in [1.165, 1.54) is 22.3 Å². The summed E-state index contributed by atoms with van der Waals surface area (Å²) in [6.07, 6.45) is 2.46. The quantitative estimate of drug-likeness (QED) is 0.538. The molecule has 160 valence electrons. The van der Waals surface area contributed by atoms with Gasteiger partial charge in [-0.3, -0.25) is 9.69 Å². The third-order valence-corrected chi connectivity index (χ3v) is 6.32. The molecule has 0 saturated carbocycles. The fourth-order valence-electron chi connectivity index (χ4n) is 4.47. The highest BCUT2D eigenvalue weighted by Crippen LogP contribution is 2.29. The number of rotatable bonds is 7. The summed E-state index contributed by atoms with van der Waals surface area (Å²) in [6.45, 7) is 5.54. The molecule has 3 aromatic rings. The van der Waals surface area contributed by atoms with Gasteiger partial charge in [-0.25, -0.2) is 0 Å². The standard InChI is InChI=1S/C28H32N2O/c1-2-23-13-15-24(16-14-23)17-18-27(31)29-19-21-30(22-20-29)28(25-9-5-3-6-10-25)26-11-7-4-8-12-26/h3-16,28H,2,17-22H2,1H3. The van der Waals surface area contributed by atoms with Crippen LogP contribution in [0.25, 0.3) is 0 Å². The third kappa shape index (κ3) is 5.42. The van der Waals surface area contributed by atoms with Gasteiger partial charge in [0.15, 0.2) is 0 Å². The molecule has 1 amide bonds. The maximum atomic E-state index is 12.8. The van der Waals surface area contributed by atoms with E-state index in [1.54, 1.807) is 0 Å². The van der Waals surface area contributed by atoms with E-state index in [-0.39, 0.29) is 11.9 Å². The number of carbonyl (C=O) groups excluding carboxylic acids is 1. The molecule has 0 N–H and O–H groups in total. The Bertz CT molecular complexity index is 906. The van der Waals surface area contributed by atoms with Crippen molar-refractivity contribution in [1.82, 2.24) is 9.80 Å². The minimum atomic E-state index is 0.233. The number of aryl methyl sites for hydroxylation is 2. The SMILES string of the molecule is CCc1ccc(CCC(=O)N2CCN(C(c3ccccc3)c3ccccc3)CC2)cc1. The molecule has 0 aliphatic carbocycles. The third-order valence-electron chi connectivity index (χ3n) is 6.32. The van der Waals surface area contributed by atoms with Gasteiger partial charge in [-0.2, -0.15) is 0 Å². The van der Waals surface area contributed by atoms with Gasteiger partial charge < -0.3 is 4.90 Å². The number of carbonyl (C=O) groups is 1. The maximum absolute atomic E-state index is 12.8. The van der Waals surface area contributed by atoms with E-state index in [9.17, 15) is 4.79 Å². The number of hydrogen-bond acceptors (Lipinski definition) is 2. The Labute approximate surface area is 186 Å². The summed E-state index contributed by atoms with van der Waals surface area (Å²) in [5.74, 6) is 0.273. The number of hydrogen-bond donors (Lipinski definition) is 0. The Balaban J connectivity index is 1.36. The molecule has 3 nitrogen and oxygen atoms in total. The Hall–Kier alpha value is -2.91. The Morgan fingerprint density at radius 1 is 0.742 bits per heavy atom. The zero-order chi connectivity index (χ0) is 21.5. The predicted molar refractivity (Wildman–Crippen MR) is 127 cm³/mol. The minimum Gasteiger partial charge on any atom is -0.340 e. The first-order chi connectivity index (χ1) is 15.2. The molecule has 1 saturated heterocycles. The van der Waals surface area contributed by atoms with Crippen LogP contribution in [0.3, 0.4) is 0 Å². The van der Waals surface area contributed by atoms with E-state index in [0.717, 1.165) is 39.0 Å². The van der Waals surface area contributed by atoms with E-state index in [1.807, 2.05) is 4.90 Å². The van der Waals surface area contributed by atoms with Crippen molar-refractivity contribution in [2.75, 3.05) is 26.2 Å². The van der Waals surface area contributed by atoms with E-state index in [0.29, 0.717) is 6.42 Å². The van der Waals surface area contributed by atoms with Crippen molar-refractivity contribution >= 4 is 5.91 Å². The largest absolute Gasteiger partial charge is 0.340 e.